The maximum absolute atomic E-state index is 14.7. The Labute approximate surface area is 167 Å². The molecule has 0 unspecified atom stereocenters. The molecule has 1 aliphatic heterocycles. The first-order valence-corrected chi connectivity index (χ1v) is 11.5. The summed E-state index contributed by atoms with van der Waals surface area (Å²) in [7, 11) is -2.93. The van der Waals surface area contributed by atoms with Crippen molar-refractivity contribution in [2.24, 2.45) is 5.92 Å². The van der Waals surface area contributed by atoms with E-state index in [1.54, 1.807) is 0 Å². The Morgan fingerprint density at radius 3 is 1.89 bits per heavy atom. The lowest BCUT2D eigenvalue weighted by Crippen LogP contribution is -2.38. The molecule has 0 bridgehead atoms. The fourth-order valence-electron chi connectivity index (χ4n) is 4.04. The lowest BCUT2D eigenvalue weighted by atomic mass is 10.1. The van der Waals surface area contributed by atoms with Crippen molar-refractivity contribution in [2.75, 3.05) is 13.2 Å². The van der Waals surface area contributed by atoms with Crippen molar-refractivity contribution < 1.29 is 9.30 Å². The molecule has 3 aromatic rings. The molecule has 0 radical (unpaired) electrons. The Morgan fingerprint density at radius 1 is 0.857 bits per heavy atom. The molecule has 1 fully saturated rings. The highest BCUT2D eigenvalue weighted by Crippen LogP contribution is 2.52. The van der Waals surface area contributed by atoms with Crippen LogP contribution >= 0.6 is 7.29 Å². The van der Waals surface area contributed by atoms with Gasteiger partial charge in [0.15, 0.2) is 0 Å². The first kappa shape index (κ1) is 19.0. The predicted octanol–water partition coefficient (Wildman–Crippen LogP) is 4.70. The highest BCUT2D eigenvalue weighted by Gasteiger charge is 2.43. The first-order chi connectivity index (χ1) is 13.7. The Hall–Kier alpha value is -2.35. The summed E-state index contributed by atoms with van der Waals surface area (Å²) in [5.41, 5.74) is 0. The Bertz CT molecular complexity index is 887. The highest BCUT2D eigenvalue weighted by molar-refractivity contribution is 7.76. The van der Waals surface area contributed by atoms with E-state index in [-0.39, 0.29) is 6.04 Å². The predicted molar refractivity (Wildman–Crippen MR) is 116 cm³/mol. The summed E-state index contributed by atoms with van der Waals surface area (Å²) >= 11 is 0. The molecule has 0 N–H and O–H groups in total. The maximum atomic E-state index is 14.7. The molecule has 28 heavy (non-hydrogen) atoms. The largest absolute Gasteiger partial charge is 0.492 e. The molecule has 2 atom stereocenters. The Kier molecular flexibility index (Phi) is 5.66. The molecule has 0 aliphatic carbocycles. The topological polar surface area (TPSA) is 29.5 Å². The van der Waals surface area contributed by atoms with Crippen LogP contribution in [0.4, 0.5) is 0 Å². The van der Waals surface area contributed by atoms with Gasteiger partial charge in [0.05, 0.1) is 6.04 Å². The van der Waals surface area contributed by atoms with Crippen molar-refractivity contribution >= 4 is 17.9 Å². The number of rotatable bonds is 6. The SMILES string of the molecule is C[C@H]1C[C@H](COc2ccccc2)N(P(=O)(c2ccccc2)c2ccccc2)C1. The van der Waals surface area contributed by atoms with Gasteiger partial charge >= 0.3 is 0 Å². The maximum Gasteiger partial charge on any atom is 0.207 e. The minimum absolute atomic E-state index is 0.112. The summed E-state index contributed by atoms with van der Waals surface area (Å²) < 4.78 is 22.9. The van der Waals surface area contributed by atoms with Crippen molar-refractivity contribution in [3.63, 3.8) is 0 Å². The normalized spacial score (nSPS) is 20.2. The van der Waals surface area contributed by atoms with Gasteiger partial charge in [-0.3, -0.25) is 4.57 Å². The van der Waals surface area contributed by atoms with Gasteiger partial charge in [-0.05, 0) is 48.7 Å². The smallest absolute Gasteiger partial charge is 0.207 e. The fourth-order valence-corrected chi connectivity index (χ4v) is 7.22. The van der Waals surface area contributed by atoms with Gasteiger partial charge in [0.1, 0.15) is 12.4 Å². The van der Waals surface area contributed by atoms with Gasteiger partial charge in [0.2, 0.25) is 7.29 Å². The van der Waals surface area contributed by atoms with E-state index in [1.165, 1.54) is 0 Å². The zero-order chi connectivity index (χ0) is 19.4. The van der Waals surface area contributed by atoms with E-state index in [0.717, 1.165) is 29.3 Å². The summed E-state index contributed by atoms with van der Waals surface area (Å²) in [5.74, 6) is 1.33. The molecule has 1 aliphatic rings. The van der Waals surface area contributed by atoms with Crippen LogP contribution in [0.3, 0.4) is 0 Å². The quantitative estimate of drug-likeness (QED) is 0.570. The van der Waals surface area contributed by atoms with Gasteiger partial charge in [-0.2, -0.15) is 0 Å². The monoisotopic (exact) mass is 391 g/mol. The van der Waals surface area contributed by atoms with Crippen LogP contribution < -0.4 is 15.3 Å². The minimum Gasteiger partial charge on any atom is -0.492 e. The minimum atomic E-state index is -2.93. The van der Waals surface area contributed by atoms with Crippen LogP contribution in [-0.2, 0) is 4.57 Å². The van der Waals surface area contributed by atoms with Gasteiger partial charge in [-0.25, -0.2) is 4.67 Å². The van der Waals surface area contributed by atoms with E-state index < -0.39 is 7.29 Å². The molecule has 144 valence electrons. The summed E-state index contributed by atoms with van der Waals surface area (Å²) in [6.45, 7) is 3.58. The molecule has 3 aromatic carbocycles. The van der Waals surface area contributed by atoms with Crippen LogP contribution in [-0.4, -0.2) is 23.9 Å². The average molecular weight is 391 g/mol. The number of hydrogen-bond acceptors (Lipinski definition) is 2. The molecular weight excluding hydrogens is 365 g/mol. The first-order valence-electron chi connectivity index (χ1n) is 9.84. The van der Waals surface area contributed by atoms with Gasteiger partial charge in [0.25, 0.3) is 0 Å². The number of ether oxygens (including phenoxy) is 1. The van der Waals surface area contributed by atoms with Crippen molar-refractivity contribution in [3.05, 3.63) is 91.0 Å². The van der Waals surface area contributed by atoms with Crippen LogP contribution in [0.25, 0.3) is 0 Å². The third kappa shape index (κ3) is 3.78. The van der Waals surface area contributed by atoms with Crippen molar-refractivity contribution in [1.29, 1.82) is 0 Å². The summed E-state index contributed by atoms with van der Waals surface area (Å²) in [6, 6.07) is 29.8. The second-order valence-electron chi connectivity index (χ2n) is 7.49. The Balaban J connectivity index is 1.69. The van der Waals surface area contributed by atoms with Crippen LogP contribution in [0.2, 0.25) is 0 Å². The van der Waals surface area contributed by atoms with E-state index in [1.807, 2.05) is 91.0 Å². The standard InChI is InChI=1S/C24H26NO2P/c1-20-17-21(19-27-22-11-5-2-6-12-22)25(18-20)28(26,23-13-7-3-8-14-23)24-15-9-4-10-16-24/h2-16,20-21H,17-19H2,1H3/t20-,21+/m0/s1. The zero-order valence-corrected chi connectivity index (χ0v) is 17.0. The van der Waals surface area contributed by atoms with Crippen LogP contribution in [0.5, 0.6) is 5.75 Å². The lowest BCUT2D eigenvalue weighted by molar-refractivity contribution is 0.233. The second kappa shape index (κ2) is 8.34. The van der Waals surface area contributed by atoms with Crippen LogP contribution in [0.1, 0.15) is 13.3 Å². The second-order valence-corrected chi connectivity index (χ2v) is 10.2. The molecule has 1 heterocycles. The van der Waals surface area contributed by atoms with E-state index in [0.29, 0.717) is 12.5 Å². The molecule has 0 aromatic heterocycles. The number of benzene rings is 3. The molecule has 1 saturated heterocycles. The fraction of sp³-hybridized carbons (Fsp3) is 0.250. The lowest BCUT2D eigenvalue weighted by Gasteiger charge is -2.33. The summed E-state index contributed by atoms with van der Waals surface area (Å²) in [4.78, 5) is 0. The van der Waals surface area contributed by atoms with Crippen molar-refractivity contribution in [3.8, 4) is 5.75 Å². The molecular formula is C24H26NO2P. The summed E-state index contributed by atoms with van der Waals surface area (Å²) in [5, 5.41) is 1.78. The molecule has 4 heteroatoms. The highest BCUT2D eigenvalue weighted by atomic mass is 31.2. The molecule has 4 rings (SSSR count). The third-order valence-electron chi connectivity index (χ3n) is 5.35. The van der Waals surface area contributed by atoms with Crippen LogP contribution in [0.15, 0.2) is 91.0 Å². The van der Waals surface area contributed by atoms with E-state index in [9.17, 15) is 4.57 Å². The molecule has 0 saturated carbocycles. The number of hydrogen-bond donors (Lipinski definition) is 0. The van der Waals surface area contributed by atoms with Gasteiger partial charge in [0, 0.05) is 17.2 Å². The van der Waals surface area contributed by atoms with E-state index in [2.05, 4.69) is 11.6 Å². The van der Waals surface area contributed by atoms with Gasteiger partial charge in [-0.15, -0.1) is 0 Å². The molecule has 3 nitrogen and oxygen atoms in total. The molecule has 0 amide bonds. The van der Waals surface area contributed by atoms with Crippen molar-refractivity contribution in [2.45, 2.75) is 19.4 Å². The zero-order valence-electron chi connectivity index (χ0n) is 16.1. The van der Waals surface area contributed by atoms with E-state index in [4.69, 9.17) is 4.74 Å². The van der Waals surface area contributed by atoms with E-state index >= 15 is 0 Å². The van der Waals surface area contributed by atoms with Gasteiger partial charge in [-0.1, -0.05) is 61.5 Å². The van der Waals surface area contributed by atoms with Crippen molar-refractivity contribution in [1.82, 2.24) is 4.67 Å². The average Bonchev–Trinajstić information content (AvgIpc) is 3.14. The summed E-state index contributed by atoms with van der Waals surface area (Å²) in [6.07, 6.45) is 0.983. The number of para-hydroxylation sites is 1. The van der Waals surface area contributed by atoms with Gasteiger partial charge < -0.3 is 4.74 Å². The van der Waals surface area contributed by atoms with Crippen LogP contribution in [0, 0.1) is 5.92 Å². The Morgan fingerprint density at radius 2 is 1.36 bits per heavy atom. The number of nitrogens with zero attached hydrogens (tertiary/aromatic N) is 1. The third-order valence-corrected chi connectivity index (χ3v) is 8.56. The molecule has 0 spiro atoms.